The molecule has 1 aromatic rings. The van der Waals surface area contributed by atoms with Crippen molar-refractivity contribution in [1.82, 2.24) is 0 Å². The Morgan fingerprint density at radius 2 is 2.00 bits per heavy atom. The van der Waals surface area contributed by atoms with E-state index in [0.717, 1.165) is 0 Å². The van der Waals surface area contributed by atoms with Crippen LogP contribution in [0.2, 0.25) is 0 Å². The fourth-order valence-electron chi connectivity index (χ4n) is 0.819. The van der Waals surface area contributed by atoms with Gasteiger partial charge < -0.3 is 10.5 Å². The number of nitrogens with two attached hydrogens (primary N) is 1. The largest absolute Gasteiger partial charge is 0.478 e. The second-order valence-corrected chi connectivity index (χ2v) is 3.06. The van der Waals surface area contributed by atoms with Crippen molar-refractivity contribution >= 4 is 52.4 Å². The molecule has 80 valence electrons. The topological polar surface area (TPSA) is 75.3 Å². The van der Waals surface area contributed by atoms with E-state index in [0.29, 0.717) is 10.2 Å². The Kier molecular flexibility index (Phi) is 7.85. The lowest BCUT2D eigenvalue weighted by atomic mass is 10.2. The quantitative estimate of drug-likeness (QED) is 0.579. The standard InChI is InChI=1S/C7H7BrN2O2.2ClH/c8-4-1-2-6(10-9)5(3-4)7(11)12;;/h1-3,10H,9H2,(H,11,12);2*1H. The summed E-state index contributed by atoms with van der Waals surface area (Å²) in [6.07, 6.45) is 0. The Bertz CT molecular complexity index is 323. The normalized spacial score (nSPS) is 8.14. The molecule has 7 heteroatoms. The number of hydrogen-bond acceptors (Lipinski definition) is 3. The first-order valence-corrected chi connectivity index (χ1v) is 3.94. The number of aromatic carboxylic acids is 1. The minimum atomic E-state index is -1.01. The zero-order valence-electron chi connectivity index (χ0n) is 6.86. The smallest absolute Gasteiger partial charge is 0.337 e. The van der Waals surface area contributed by atoms with Crippen molar-refractivity contribution in [3.63, 3.8) is 0 Å². The Morgan fingerprint density at radius 1 is 1.43 bits per heavy atom. The average molecular weight is 304 g/mol. The maximum absolute atomic E-state index is 10.6. The summed E-state index contributed by atoms with van der Waals surface area (Å²) in [5.74, 6) is 4.10. The SMILES string of the molecule is Cl.Cl.NNc1ccc(Br)cc1C(=O)O. The number of carboxylic acid groups (broad SMARTS) is 1. The van der Waals surface area contributed by atoms with Gasteiger partial charge in [0, 0.05) is 4.47 Å². The monoisotopic (exact) mass is 302 g/mol. The summed E-state index contributed by atoms with van der Waals surface area (Å²) in [6, 6.07) is 4.78. The maximum atomic E-state index is 10.6. The summed E-state index contributed by atoms with van der Waals surface area (Å²) in [5, 5.41) is 8.70. The summed E-state index contributed by atoms with van der Waals surface area (Å²) in [7, 11) is 0. The van der Waals surface area contributed by atoms with Crippen LogP contribution in [0.25, 0.3) is 0 Å². The first-order valence-electron chi connectivity index (χ1n) is 3.14. The Morgan fingerprint density at radius 3 is 2.43 bits per heavy atom. The molecular weight excluding hydrogens is 295 g/mol. The molecule has 0 aliphatic heterocycles. The van der Waals surface area contributed by atoms with Crippen LogP contribution in [-0.2, 0) is 0 Å². The van der Waals surface area contributed by atoms with Gasteiger partial charge in [-0.2, -0.15) is 0 Å². The highest BCUT2D eigenvalue weighted by atomic mass is 79.9. The van der Waals surface area contributed by atoms with Crippen LogP contribution in [-0.4, -0.2) is 11.1 Å². The first-order chi connectivity index (χ1) is 5.65. The molecule has 0 saturated heterocycles. The lowest BCUT2D eigenvalue weighted by molar-refractivity contribution is 0.0698. The molecule has 0 aliphatic carbocycles. The highest BCUT2D eigenvalue weighted by molar-refractivity contribution is 9.10. The maximum Gasteiger partial charge on any atom is 0.337 e. The van der Waals surface area contributed by atoms with Crippen molar-refractivity contribution in [1.29, 1.82) is 0 Å². The van der Waals surface area contributed by atoms with Gasteiger partial charge in [0.15, 0.2) is 0 Å². The number of rotatable bonds is 2. The van der Waals surface area contributed by atoms with E-state index in [1.807, 2.05) is 0 Å². The van der Waals surface area contributed by atoms with Gasteiger partial charge in [0.2, 0.25) is 0 Å². The molecule has 4 nitrogen and oxygen atoms in total. The third kappa shape index (κ3) is 3.71. The molecule has 0 bridgehead atoms. The molecule has 1 rings (SSSR count). The number of hydrazine groups is 1. The van der Waals surface area contributed by atoms with E-state index in [2.05, 4.69) is 21.4 Å². The second-order valence-electron chi connectivity index (χ2n) is 2.14. The molecule has 0 atom stereocenters. The minimum Gasteiger partial charge on any atom is -0.478 e. The number of carbonyl (C=O) groups is 1. The van der Waals surface area contributed by atoms with Crippen molar-refractivity contribution in [3.8, 4) is 0 Å². The molecule has 0 radical (unpaired) electrons. The number of carboxylic acids is 1. The third-order valence-electron chi connectivity index (χ3n) is 1.37. The number of nitrogen functional groups attached to an aromatic ring is 1. The zero-order chi connectivity index (χ0) is 9.14. The van der Waals surface area contributed by atoms with Gasteiger partial charge >= 0.3 is 5.97 Å². The molecule has 0 spiro atoms. The van der Waals surface area contributed by atoms with E-state index in [1.54, 1.807) is 12.1 Å². The van der Waals surface area contributed by atoms with Crippen LogP contribution in [0.4, 0.5) is 5.69 Å². The van der Waals surface area contributed by atoms with Gasteiger partial charge in [0.25, 0.3) is 0 Å². The number of benzene rings is 1. The Hall–Kier alpha value is -0.490. The van der Waals surface area contributed by atoms with Gasteiger partial charge in [0.05, 0.1) is 11.3 Å². The molecule has 4 N–H and O–H groups in total. The van der Waals surface area contributed by atoms with Gasteiger partial charge in [-0.25, -0.2) is 4.79 Å². The summed E-state index contributed by atoms with van der Waals surface area (Å²) in [6.45, 7) is 0. The Balaban J connectivity index is 0. The van der Waals surface area contributed by atoms with Crippen LogP contribution < -0.4 is 11.3 Å². The van der Waals surface area contributed by atoms with Crippen molar-refractivity contribution in [2.75, 3.05) is 5.43 Å². The van der Waals surface area contributed by atoms with Crippen LogP contribution in [0.3, 0.4) is 0 Å². The number of nitrogens with one attached hydrogen (secondary N) is 1. The summed E-state index contributed by atoms with van der Waals surface area (Å²) in [5.41, 5.74) is 2.84. The molecule has 0 amide bonds. The fraction of sp³-hybridized carbons (Fsp3) is 0. The van der Waals surface area contributed by atoms with Gasteiger partial charge in [-0.3, -0.25) is 5.84 Å². The zero-order valence-corrected chi connectivity index (χ0v) is 10.1. The predicted molar refractivity (Wildman–Crippen MR) is 63.4 cm³/mol. The van der Waals surface area contributed by atoms with E-state index in [1.165, 1.54) is 6.07 Å². The highest BCUT2D eigenvalue weighted by Crippen LogP contribution is 2.19. The number of halogens is 3. The van der Waals surface area contributed by atoms with Crippen LogP contribution >= 0.6 is 40.7 Å². The number of hydrogen-bond donors (Lipinski definition) is 3. The van der Waals surface area contributed by atoms with E-state index < -0.39 is 5.97 Å². The van der Waals surface area contributed by atoms with Crippen molar-refractivity contribution in [2.24, 2.45) is 5.84 Å². The van der Waals surface area contributed by atoms with Gasteiger partial charge in [-0.15, -0.1) is 24.8 Å². The van der Waals surface area contributed by atoms with E-state index in [9.17, 15) is 4.79 Å². The molecule has 0 aromatic heterocycles. The summed E-state index contributed by atoms with van der Waals surface area (Å²) >= 11 is 3.16. The van der Waals surface area contributed by atoms with E-state index >= 15 is 0 Å². The third-order valence-corrected chi connectivity index (χ3v) is 1.86. The van der Waals surface area contributed by atoms with Crippen molar-refractivity contribution < 1.29 is 9.90 Å². The molecule has 0 aliphatic rings. The Labute approximate surface area is 102 Å². The molecular formula is C7H9BrCl2N2O2. The van der Waals surface area contributed by atoms with Crippen LogP contribution in [0.1, 0.15) is 10.4 Å². The molecule has 1 aromatic carbocycles. The molecule has 0 fully saturated rings. The van der Waals surface area contributed by atoms with Crippen molar-refractivity contribution in [3.05, 3.63) is 28.2 Å². The van der Waals surface area contributed by atoms with Crippen LogP contribution in [0, 0.1) is 0 Å². The molecule has 0 unspecified atom stereocenters. The fourth-order valence-corrected chi connectivity index (χ4v) is 1.18. The second kappa shape index (κ2) is 6.89. The van der Waals surface area contributed by atoms with Crippen LogP contribution in [0.5, 0.6) is 0 Å². The van der Waals surface area contributed by atoms with Gasteiger partial charge in [-0.1, -0.05) is 15.9 Å². The first kappa shape index (κ1) is 16.0. The van der Waals surface area contributed by atoms with Gasteiger partial charge in [0.1, 0.15) is 0 Å². The molecule has 0 heterocycles. The molecule has 14 heavy (non-hydrogen) atoms. The minimum absolute atomic E-state index is 0. The highest BCUT2D eigenvalue weighted by Gasteiger charge is 2.08. The van der Waals surface area contributed by atoms with Crippen LogP contribution in [0.15, 0.2) is 22.7 Å². The average Bonchev–Trinajstić information content (AvgIpc) is 2.04. The predicted octanol–water partition coefficient (Wildman–Crippen LogP) is 2.28. The number of anilines is 1. The van der Waals surface area contributed by atoms with Gasteiger partial charge in [-0.05, 0) is 18.2 Å². The summed E-state index contributed by atoms with van der Waals surface area (Å²) in [4.78, 5) is 10.6. The van der Waals surface area contributed by atoms with Crippen molar-refractivity contribution in [2.45, 2.75) is 0 Å². The lowest BCUT2D eigenvalue weighted by Crippen LogP contribution is -2.11. The molecule has 0 saturated carbocycles. The van der Waals surface area contributed by atoms with E-state index in [4.69, 9.17) is 10.9 Å². The summed E-state index contributed by atoms with van der Waals surface area (Å²) < 4.78 is 0.707. The van der Waals surface area contributed by atoms with E-state index in [-0.39, 0.29) is 30.4 Å². The lowest BCUT2D eigenvalue weighted by Gasteiger charge is -2.04.